The highest BCUT2D eigenvalue weighted by molar-refractivity contribution is 4.70. The molecule has 1 heteroatoms. The van der Waals surface area contributed by atoms with E-state index >= 15 is 0 Å². The van der Waals surface area contributed by atoms with Gasteiger partial charge in [0.05, 0.1) is 0 Å². The van der Waals surface area contributed by atoms with E-state index in [4.69, 9.17) is 0 Å². The molecule has 1 aliphatic rings. The fraction of sp³-hybridized carbons (Fsp3) is 0.900. The van der Waals surface area contributed by atoms with Crippen molar-refractivity contribution in [1.29, 1.82) is 0 Å². The normalized spacial score (nSPS) is 24.3. The lowest BCUT2D eigenvalue weighted by atomic mass is 10.0. The largest absolute Gasteiger partial charge is 0.316 e. The van der Waals surface area contributed by atoms with E-state index in [1.807, 2.05) is 0 Å². The van der Waals surface area contributed by atoms with Crippen LogP contribution in [0.5, 0.6) is 0 Å². The molecule has 1 saturated heterocycles. The maximum atomic E-state index is 3.84. The fourth-order valence-corrected chi connectivity index (χ4v) is 1.75. The van der Waals surface area contributed by atoms with Gasteiger partial charge in [0.15, 0.2) is 0 Å². The number of unbranched alkanes of at least 4 members (excludes halogenated alkanes) is 3. The van der Waals surface area contributed by atoms with Crippen molar-refractivity contribution in [2.24, 2.45) is 5.92 Å². The minimum atomic E-state index is 0.986. The van der Waals surface area contributed by atoms with Gasteiger partial charge in [-0.15, -0.1) is 0 Å². The van der Waals surface area contributed by atoms with Gasteiger partial charge in [0.2, 0.25) is 0 Å². The fourth-order valence-electron chi connectivity index (χ4n) is 1.75. The molecule has 0 aromatic rings. The van der Waals surface area contributed by atoms with Gasteiger partial charge >= 0.3 is 0 Å². The Kier molecular flexibility index (Phi) is 4.60. The lowest BCUT2D eigenvalue weighted by Crippen LogP contribution is -2.08. The number of nitrogens with one attached hydrogen (secondary N) is 1. The van der Waals surface area contributed by atoms with Crippen LogP contribution in [0.25, 0.3) is 0 Å². The third-order valence-electron chi connectivity index (χ3n) is 2.52. The Morgan fingerprint density at radius 1 is 1.27 bits per heavy atom. The summed E-state index contributed by atoms with van der Waals surface area (Å²) in [4.78, 5) is 0. The quantitative estimate of drug-likeness (QED) is 0.599. The van der Waals surface area contributed by atoms with Crippen LogP contribution in [0.1, 0.15) is 38.5 Å². The molecule has 0 aromatic heterocycles. The summed E-state index contributed by atoms with van der Waals surface area (Å²) in [6, 6.07) is 0. The molecule has 0 amide bonds. The van der Waals surface area contributed by atoms with Gasteiger partial charge in [-0.3, -0.25) is 0 Å². The van der Waals surface area contributed by atoms with E-state index < -0.39 is 0 Å². The molecule has 1 unspecified atom stereocenters. The molecule has 0 aliphatic carbocycles. The molecule has 1 aliphatic heterocycles. The second kappa shape index (κ2) is 5.59. The molecule has 1 rings (SSSR count). The van der Waals surface area contributed by atoms with Crippen LogP contribution >= 0.6 is 0 Å². The average Bonchev–Trinajstić information content (AvgIpc) is 2.50. The third kappa shape index (κ3) is 3.76. The summed E-state index contributed by atoms with van der Waals surface area (Å²) in [6.45, 7) is 6.36. The maximum Gasteiger partial charge on any atom is -0.00200 e. The van der Waals surface area contributed by atoms with E-state index in [1.54, 1.807) is 0 Å². The van der Waals surface area contributed by atoms with Crippen molar-refractivity contribution in [3.8, 4) is 0 Å². The van der Waals surface area contributed by atoms with Gasteiger partial charge in [0.25, 0.3) is 0 Å². The van der Waals surface area contributed by atoms with Crippen LogP contribution < -0.4 is 5.32 Å². The van der Waals surface area contributed by atoms with Crippen LogP contribution in [0, 0.1) is 12.8 Å². The molecule has 1 atom stereocenters. The van der Waals surface area contributed by atoms with Crippen molar-refractivity contribution in [3.63, 3.8) is 0 Å². The molecule has 1 radical (unpaired) electrons. The zero-order valence-corrected chi connectivity index (χ0v) is 7.44. The van der Waals surface area contributed by atoms with Gasteiger partial charge in [-0.1, -0.05) is 32.6 Å². The molecular formula is C10H20N. The van der Waals surface area contributed by atoms with E-state index in [0.29, 0.717) is 0 Å². The highest BCUT2D eigenvalue weighted by Crippen LogP contribution is 2.16. The maximum absolute atomic E-state index is 3.84. The van der Waals surface area contributed by atoms with Crippen molar-refractivity contribution in [3.05, 3.63) is 6.92 Å². The van der Waals surface area contributed by atoms with Crippen LogP contribution in [-0.2, 0) is 0 Å². The number of hydrogen-bond donors (Lipinski definition) is 1. The molecule has 1 N–H and O–H groups in total. The monoisotopic (exact) mass is 154 g/mol. The summed E-state index contributed by atoms with van der Waals surface area (Å²) < 4.78 is 0. The van der Waals surface area contributed by atoms with Crippen molar-refractivity contribution in [1.82, 2.24) is 5.32 Å². The van der Waals surface area contributed by atoms with Gasteiger partial charge in [0, 0.05) is 0 Å². The van der Waals surface area contributed by atoms with Crippen molar-refractivity contribution in [2.45, 2.75) is 38.5 Å². The zero-order chi connectivity index (χ0) is 7.94. The first kappa shape index (κ1) is 9.05. The van der Waals surface area contributed by atoms with Crippen molar-refractivity contribution < 1.29 is 0 Å². The number of hydrogen-bond acceptors (Lipinski definition) is 1. The molecule has 0 spiro atoms. The predicted molar refractivity (Wildman–Crippen MR) is 49.4 cm³/mol. The molecule has 1 nitrogen and oxygen atoms in total. The lowest BCUT2D eigenvalue weighted by molar-refractivity contribution is 0.491. The van der Waals surface area contributed by atoms with Crippen LogP contribution in [-0.4, -0.2) is 13.1 Å². The molecule has 0 saturated carbocycles. The minimum absolute atomic E-state index is 0.986. The van der Waals surface area contributed by atoms with Gasteiger partial charge in [-0.25, -0.2) is 0 Å². The predicted octanol–water partition coefficient (Wildman–Crippen LogP) is 2.38. The van der Waals surface area contributed by atoms with Gasteiger partial charge in [-0.2, -0.15) is 0 Å². The Bertz CT molecular complexity index is 84.9. The van der Waals surface area contributed by atoms with Crippen LogP contribution in [0.4, 0.5) is 0 Å². The first-order valence-electron chi connectivity index (χ1n) is 4.93. The van der Waals surface area contributed by atoms with Crippen LogP contribution in [0.15, 0.2) is 0 Å². The Morgan fingerprint density at radius 3 is 2.82 bits per heavy atom. The number of rotatable bonds is 5. The smallest absolute Gasteiger partial charge is 0.00200 e. The van der Waals surface area contributed by atoms with Crippen molar-refractivity contribution >= 4 is 0 Å². The Balaban J connectivity index is 1.86. The van der Waals surface area contributed by atoms with Crippen LogP contribution in [0.2, 0.25) is 0 Å². The molecule has 65 valence electrons. The lowest BCUT2D eigenvalue weighted by Gasteiger charge is -2.06. The van der Waals surface area contributed by atoms with E-state index in [2.05, 4.69) is 12.2 Å². The summed E-state index contributed by atoms with van der Waals surface area (Å²) in [7, 11) is 0. The first-order chi connectivity index (χ1) is 5.43. The van der Waals surface area contributed by atoms with Crippen LogP contribution in [0.3, 0.4) is 0 Å². The van der Waals surface area contributed by atoms with Gasteiger partial charge in [0.1, 0.15) is 0 Å². The SMILES string of the molecule is [CH2]CCCCCC1CCNC1. The minimum Gasteiger partial charge on any atom is -0.316 e. The summed E-state index contributed by atoms with van der Waals surface area (Å²) in [5.41, 5.74) is 0. The summed E-state index contributed by atoms with van der Waals surface area (Å²) in [6.07, 6.45) is 8.09. The van der Waals surface area contributed by atoms with E-state index in [9.17, 15) is 0 Å². The Labute approximate surface area is 70.6 Å². The molecule has 1 heterocycles. The second-order valence-electron chi connectivity index (χ2n) is 3.56. The molecular weight excluding hydrogens is 134 g/mol. The summed E-state index contributed by atoms with van der Waals surface area (Å²) in [5.74, 6) is 0.986. The van der Waals surface area contributed by atoms with Crippen molar-refractivity contribution in [2.75, 3.05) is 13.1 Å². The van der Waals surface area contributed by atoms with E-state index in [1.165, 1.54) is 45.2 Å². The highest BCUT2D eigenvalue weighted by atomic mass is 14.9. The topological polar surface area (TPSA) is 12.0 Å². The Morgan fingerprint density at radius 2 is 2.18 bits per heavy atom. The second-order valence-corrected chi connectivity index (χ2v) is 3.56. The zero-order valence-electron chi connectivity index (χ0n) is 7.44. The summed E-state index contributed by atoms with van der Waals surface area (Å²) >= 11 is 0. The summed E-state index contributed by atoms with van der Waals surface area (Å²) in [5, 5.41) is 3.40. The molecule has 1 fully saturated rings. The first-order valence-corrected chi connectivity index (χ1v) is 4.93. The molecule has 0 bridgehead atoms. The molecule has 0 aromatic carbocycles. The van der Waals surface area contributed by atoms with E-state index in [0.717, 1.165) is 12.3 Å². The third-order valence-corrected chi connectivity index (χ3v) is 2.52. The van der Waals surface area contributed by atoms with E-state index in [-0.39, 0.29) is 0 Å². The van der Waals surface area contributed by atoms with Gasteiger partial charge < -0.3 is 5.32 Å². The van der Waals surface area contributed by atoms with Gasteiger partial charge in [-0.05, 0) is 31.8 Å². The standard InChI is InChI=1S/C10H20N/c1-2-3-4-5-6-10-7-8-11-9-10/h10-11H,1-9H2. The Hall–Kier alpha value is -0.0400. The highest BCUT2D eigenvalue weighted by Gasteiger charge is 2.12. The molecule has 11 heavy (non-hydrogen) atoms. The average molecular weight is 154 g/mol.